The highest BCUT2D eigenvalue weighted by Crippen LogP contribution is 2.38. The fourth-order valence-corrected chi connectivity index (χ4v) is 4.24. The van der Waals surface area contributed by atoms with E-state index in [9.17, 15) is 24.0 Å². The monoisotopic (exact) mass is 473 g/mol. The molecule has 2 atom stereocenters. The van der Waals surface area contributed by atoms with Crippen LogP contribution in [0.5, 0.6) is 0 Å². The summed E-state index contributed by atoms with van der Waals surface area (Å²) >= 11 is 0. The fraction of sp³-hybridized carbons (Fsp3) is 0.542. The Kier molecular flexibility index (Phi) is 8.25. The number of carbonyl (C=O) groups excluding carboxylic acids is 5. The van der Waals surface area contributed by atoms with Crippen molar-refractivity contribution >= 4 is 35.5 Å². The minimum absolute atomic E-state index is 0.0194. The van der Waals surface area contributed by atoms with E-state index in [0.717, 1.165) is 37.0 Å². The lowest BCUT2D eigenvalue weighted by Crippen LogP contribution is -2.54. The molecule has 10 nitrogen and oxygen atoms in total. The van der Waals surface area contributed by atoms with E-state index in [0.29, 0.717) is 24.3 Å². The molecule has 1 aliphatic carbocycles. The largest absolute Gasteiger partial charge is 0.462 e. The molecule has 2 unspecified atom stereocenters. The van der Waals surface area contributed by atoms with E-state index in [1.54, 1.807) is 0 Å². The Bertz CT molecular complexity index is 946. The Morgan fingerprint density at radius 2 is 1.88 bits per heavy atom. The summed E-state index contributed by atoms with van der Waals surface area (Å²) in [5, 5.41) is 5.32. The number of benzene rings is 1. The van der Waals surface area contributed by atoms with Crippen molar-refractivity contribution in [1.82, 2.24) is 10.2 Å². The molecular formula is C24H31N3O7. The second-order valence-electron chi connectivity index (χ2n) is 8.72. The van der Waals surface area contributed by atoms with Crippen molar-refractivity contribution in [2.24, 2.45) is 5.92 Å². The number of rotatable bonds is 9. The zero-order chi connectivity index (χ0) is 24.7. The Labute approximate surface area is 198 Å². The summed E-state index contributed by atoms with van der Waals surface area (Å²) in [6.07, 6.45) is 4.90. The van der Waals surface area contributed by atoms with Gasteiger partial charge in [0.05, 0.1) is 12.2 Å². The molecule has 10 heteroatoms. The predicted octanol–water partition coefficient (Wildman–Crippen LogP) is 2.63. The van der Waals surface area contributed by atoms with Crippen LogP contribution in [-0.4, -0.2) is 60.0 Å². The molecule has 3 rings (SSSR count). The fourth-order valence-electron chi connectivity index (χ4n) is 4.24. The van der Waals surface area contributed by atoms with Gasteiger partial charge in [0.15, 0.2) is 6.61 Å². The second-order valence-corrected chi connectivity index (χ2v) is 8.72. The van der Waals surface area contributed by atoms with Crippen LogP contribution in [0.15, 0.2) is 24.3 Å². The van der Waals surface area contributed by atoms with Gasteiger partial charge in [0, 0.05) is 5.69 Å². The lowest BCUT2D eigenvalue weighted by molar-refractivity contribution is -0.150. The third kappa shape index (κ3) is 5.73. The first-order valence-electron chi connectivity index (χ1n) is 11.6. The Hall–Kier alpha value is -3.43. The van der Waals surface area contributed by atoms with E-state index in [1.807, 2.05) is 13.8 Å². The quantitative estimate of drug-likeness (QED) is 0.320. The van der Waals surface area contributed by atoms with Gasteiger partial charge in [-0.15, -0.1) is 0 Å². The molecule has 0 radical (unpaired) electrons. The smallest absolute Gasteiger partial charge is 0.338 e. The number of esters is 2. The van der Waals surface area contributed by atoms with Crippen LogP contribution in [0.4, 0.5) is 10.5 Å². The maximum atomic E-state index is 12.9. The number of carbonyl (C=O) groups is 5. The Morgan fingerprint density at radius 1 is 1.15 bits per heavy atom. The van der Waals surface area contributed by atoms with Crippen LogP contribution < -0.4 is 10.6 Å². The minimum Gasteiger partial charge on any atom is -0.462 e. The maximum Gasteiger partial charge on any atom is 0.338 e. The maximum absolute atomic E-state index is 12.9. The van der Waals surface area contributed by atoms with Gasteiger partial charge in [-0.05, 0) is 49.4 Å². The van der Waals surface area contributed by atoms with Crippen molar-refractivity contribution in [2.45, 2.75) is 57.9 Å². The molecule has 1 aromatic carbocycles. The van der Waals surface area contributed by atoms with Gasteiger partial charge >= 0.3 is 18.0 Å². The summed E-state index contributed by atoms with van der Waals surface area (Å²) in [6, 6.07) is 5.50. The number of urea groups is 1. The van der Waals surface area contributed by atoms with E-state index in [-0.39, 0.29) is 5.92 Å². The Morgan fingerprint density at radius 3 is 2.56 bits per heavy atom. The van der Waals surface area contributed by atoms with E-state index in [1.165, 1.54) is 24.3 Å². The standard InChI is InChI=1S/C24H31N3O7/c1-3-4-13-33-21(30)17-8-10-18(11-9-17)25-19(28)15-34-20(29)14-27-22(31)24(26-23(27)32)12-6-5-7-16(24)2/h8-11,16H,3-7,12-15H2,1-2H3,(H,25,28)(H,26,32). The molecule has 1 spiro atoms. The number of amides is 4. The first-order valence-corrected chi connectivity index (χ1v) is 11.6. The molecule has 1 heterocycles. The predicted molar refractivity (Wildman–Crippen MR) is 122 cm³/mol. The van der Waals surface area contributed by atoms with Gasteiger partial charge in [-0.1, -0.05) is 33.1 Å². The molecule has 1 saturated heterocycles. The minimum atomic E-state index is -0.957. The molecule has 1 aliphatic heterocycles. The molecule has 0 bridgehead atoms. The number of nitrogens with one attached hydrogen (secondary N) is 2. The normalized spacial score (nSPS) is 21.8. The van der Waals surface area contributed by atoms with Crippen molar-refractivity contribution in [2.75, 3.05) is 25.1 Å². The van der Waals surface area contributed by atoms with Crippen LogP contribution in [-0.2, 0) is 23.9 Å². The van der Waals surface area contributed by atoms with E-state index < -0.39 is 48.5 Å². The van der Waals surface area contributed by atoms with Crippen LogP contribution in [0.1, 0.15) is 62.7 Å². The van der Waals surface area contributed by atoms with Crippen molar-refractivity contribution in [1.29, 1.82) is 0 Å². The summed E-state index contributed by atoms with van der Waals surface area (Å²) in [5.41, 5.74) is -0.186. The first-order chi connectivity index (χ1) is 16.3. The van der Waals surface area contributed by atoms with Crippen LogP contribution >= 0.6 is 0 Å². The number of hydrogen-bond acceptors (Lipinski definition) is 7. The number of unbranched alkanes of at least 4 members (excludes halogenated alkanes) is 1. The van der Waals surface area contributed by atoms with Gasteiger partial charge in [-0.3, -0.25) is 19.3 Å². The summed E-state index contributed by atoms with van der Waals surface area (Å²) in [7, 11) is 0. The van der Waals surface area contributed by atoms with Crippen molar-refractivity contribution in [3.63, 3.8) is 0 Å². The van der Waals surface area contributed by atoms with Crippen LogP contribution in [0.2, 0.25) is 0 Å². The lowest BCUT2D eigenvalue weighted by atomic mass is 9.73. The topological polar surface area (TPSA) is 131 Å². The van der Waals surface area contributed by atoms with E-state index in [2.05, 4.69) is 10.6 Å². The van der Waals surface area contributed by atoms with Crippen LogP contribution in [0.3, 0.4) is 0 Å². The molecule has 0 aromatic heterocycles. The van der Waals surface area contributed by atoms with Crippen molar-refractivity contribution < 1.29 is 33.4 Å². The number of nitrogens with zero attached hydrogens (tertiary/aromatic N) is 1. The molecule has 4 amide bonds. The highest BCUT2D eigenvalue weighted by atomic mass is 16.5. The number of anilines is 1. The molecule has 184 valence electrons. The van der Waals surface area contributed by atoms with Crippen molar-refractivity contribution in [3.05, 3.63) is 29.8 Å². The van der Waals surface area contributed by atoms with E-state index >= 15 is 0 Å². The number of hydrogen-bond donors (Lipinski definition) is 2. The summed E-state index contributed by atoms with van der Waals surface area (Å²) in [4.78, 5) is 62.3. The zero-order valence-corrected chi connectivity index (χ0v) is 19.6. The van der Waals surface area contributed by atoms with E-state index in [4.69, 9.17) is 9.47 Å². The molecule has 2 fully saturated rings. The van der Waals surface area contributed by atoms with Gasteiger partial charge in [-0.25, -0.2) is 9.59 Å². The SMILES string of the molecule is CCCCOC(=O)c1ccc(NC(=O)COC(=O)CN2C(=O)NC3(CCCCC3C)C2=O)cc1. The molecule has 2 N–H and O–H groups in total. The van der Waals surface area contributed by atoms with Gasteiger partial charge in [0.25, 0.3) is 11.8 Å². The third-order valence-electron chi connectivity index (χ3n) is 6.29. The summed E-state index contributed by atoms with van der Waals surface area (Å²) < 4.78 is 10.1. The Balaban J connectivity index is 1.45. The zero-order valence-electron chi connectivity index (χ0n) is 19.6. The highest BCUT2D eigenvalue weighted by Gasteiger charge is 2.55. The average Bonchev–Trinajstić information content (AvgIpc) is 3.05. The molecular weight excluding hydrogens is 442 g/mol. The highest BCUT2D eigenvalue weighted by molar-refractivity contribution is 6.09. The van der Waals surface area contributed by atoms with Crippen LogP contribution in [0.25, 0.3) is 0 Å². The third-order valence-corrected chi connectivity index (χ3v) is 6.29. The average molecular weight is 474 g/mol. The first kappa shape index (κ1) is 25.2. The van der Waals surface area contributed by atoms with Crippen molar-refractivity contribution in [3.8, 4) is 0 Å². The van der Waals surface area contributed by atoms with Gasteiger partial charge in [-0.2, -0.15) is 0 Å². The molecule has 2 aliphatic rings. The van der Waals surface area contributed by atoms with Gasteiger partial charge < -0.3 is 20.1 Å². The van der Waals surface area contributed by atoms with Gasteiger partial charge in [0.2, 0.25) is 0 Å². The summed E-state index contributed by atoms with van der Waals surface area (Å²) in [5.74, 6) is -2.33. The molecule has 1 saturated carbocycles. The molecule has 34 heavy (non-hydrogen) atoms. The molecule has 1 aromatic rings. The lowest BCUT2D eigenvalue weighted by Gasteiger charge is -2.36. The second kappa shape index (κ2) is 11.1. The van der Waals surface area contributed by atoms with Crippen LogP contribution in [0, 0.1) is 5.92 Å². The van der Waals surface area contributed by atoms with Gasteiger partial charge in [0.1, 0.15) is 12.1 Å². The number of ether oxygens (including phenoxy) is 2. The number of imide groups is 1. The summed E-state index contributed by atoms with van der Waals surface area (Å²) in [6.45, 7) is 3.14.